The van der Waals surface area contributed by atoms with Gasteiger partial charge in [-0.15, -0.1) is 0 Å². The van der Waals surface area contributed by atoms with Gasteiger partial charge in [-0.25, -0.2) is 0 Å². The SMILES string of the molecule is CC(=O)Nc1cccc(-c2ccc3c(c2)CCCN3C(C)=O)c1.COc1cc(C#N)ccc1N. The first-order valence-corrected chi connectivity index (χ1v) is 10.9. The lowest BCUT2D eigenvalue weighted by Crippen LogP contribution is -2.33. The molecule has 0 bridgehead atoms. The molecule has 0 unspecified atom stereocenters. The number of nitrogen functional groups attached to an aromatic ring is 1. The van der Waals surface area contributed by atoms with Crippen LogP contribution in [-0.4, -0.2) is 25.5 Å². The summed E-state index contributed by atoms with van der Waals surface area (Å²) in [4.78, 5) is 24.8. The van der Waals surface area contributed by atoms with Gasteiger partial charge in [-0.2, -0.15) is 5.26 Å². The molecule has 0 aromatic heterocycles. The number of nitrogens with one attached hydrogen (secondary N) is 1. The lowest BCUT2D eigenvalue weighted by atomic mass is 9.96. The van der Waals surface area contributed by atoms with Gasteiger partial charge in [0.15, 0.2) is 0 Å². The van der Waals surface area contributed by atoms with Gasteiger partial charge in [0, 0.05) is 37.8 Å². The number of anilines is 3. The van der Waals surface area contributed by atoms with Gasteiger partial charge in [-0.05, 0) is 65.9 Å². The molecule has 0 aliphatic carbocycles. The van der Waals surface area contributed by atoms with Crippen molar-refractivity contribution in [3.05, 3.63) is 71.8 Å². The van der Waals surface area contributed by atoms with Gasteiger partial charge in [0.2, 0.25) is 11.8 Å². The number of carbonyl (C=O) groups excluding carboxylic acids is 2. The summed E-state index contributed by atoms with van der Waals surface area (Å²) in [5, 5.41) is 11.3. The Labute approximate surface area is 199 Å². The molecule has 4 rings (SSSR count). The maximum atomic E-state index is 11.7. The molecule has 7 heteroatoms. The highest BCUT2D eigenvalue weighted by molar-refractivity contribution is 5.93. The predicted octanol–water partition coefficient (Wildman–Crippen LogP) is 4.76. The minimum absolute atomic E-state index is 0.0790. The zero-order valence-corrected chi connectivity index (χ0v) is 19.6. The van der Waals surface area contributed by atoms with Crippen LogP contribution in [0, 0.1) is 11.3 Å². The van der Waals surface area contributed by atoms with Gasteiger partial charge in [-0.1, -0.05) is 18.2 Å². The van der Waals surface area contributed by atoms with E-state index in [-0.39, 0.29) is 11.8 Å². The molecule has 34 heavy (non-hydrogen) atoms. The quantitative estimate of drug-likeness (QED) is 0.553. The van der Waals surface area contributed by atoms with E-state index in [2.05, 4.69) is 11.4 Å². The summed E-state index contributed by atoms with van der Waals surface area (Å²) in [5.41, 5.74) is 11.8. The third kappa shape index (κ3) is 5.93. The number of ether oxygens (including phenoxy) is 1. The Balaban J connectivity index is 0.000000248. The van der Waals surface area contributed by atoms with Crippen molar-refractivity contribution in [2.75, 3.05) is 29.6 Å². The number of hydrogen-bond donors (Lipinski definition) is 2. The van der Waals surface area contributed by atoms with E-state index in [1.165, 1.54) is 19.6 Å². The van der Waals surface area contributed by atoms with Crippen LogP contribution in [0.5, 0.6) is 5.75 Å². The summed E-state index contributed by atoms with van der Waals surface area (Å²) in [6.07, 6.45) is 1.97. The van der Waals surface area contributed by atoms with Crippen LogP contribution in [0.25, 0.3) is 11.1 Å². The molecular formula is C27H28N4O3. The largest absolute Gasteiger partial charge is 0.495 e. The third-order valence-electron chi connectivity index (χ3n) is 5.46. The van der Waals surface area contributed by atoms with Gasteiger partial charge in [-0.3, -0.25) is 9.59 Å². The molecule has 3 aromatic rings. The molecule has 3 aromatic carbocycles. The fourth-order valence-corrected chi connectivity index (χ4v) is 3.86. The number of amides is 2. The Morgan fingerprint density at radius 1 is 1.06 bits per heavy atom. The van der Waals surface area contributed by atoms with E-state index >= 15 is 0 Å². The second kappa shape index (κ2) is 11.0. The third-order valence-corrected chi connectivity index (χ3v) is 5.46. The van der Waals surface area contributed by atoms with E-state index in [0.717, 1.165) is 41.9 Å². The molecule has 1 heterocycles. The fourth-order valence-electron chi connectivity index (χ4n) is 3.86. The van der Waals surface area contributed by atoms with E-state index in [9.17, 15) is 9.59 Å². The highest BCUT2D eigenvalue weighted by atomic mass is 16.5. The van der Waals surface area contributed by atoms with Gasteiger partial charge in [0.1, 0.15) is 5.75 Å². The van der Waals surface area contributed by atoms with E-state index in [0.29, 0.717) is 17.0 Å². The van der Waals surface area contributed by atoms with Gasteiger partial charge in [0.05, 0.1) is 24.4 Å². The molecule has 0 spiro atoms. The van der Waals surface area contributed by atoms with E-state index in [4.69, 9.17) is 15.7 Å². The maximum absolute atomic E-state index is 11.7. The summed E-state index contributed by atoms with van der Waals surface area (Å²) >= 11 is 0. The molecule has 0 fully saturated rings. The van der Waals surface area contributed by atoms with Gasteiger partial charge >= 0.3 is 0 Å². The van der Waals surface area contributed by atoms with Crippen LogP contribution < -0.4 is 20.7 Å². The number of hydrogen-bond acceptors (Lipinski definition) is 5. The van der Waals surface area contributed by atoms with Crippen LogP contribution >= 0.6 is 0 Å². The molecule has 1 aliphatic heterocycles. The zero-order chi connectivity index (χ0) is 24.7. The van der Waals surface area contributed by atoms with Crippen molar-refractivity contribution >= 4 is 28.9 Å². The topological polar surface area (TPSA) is 108 Å². The molecule has 2 amide bonds. The summed E-state index contributed by atoms with van der Waals surface area (Å²) in [5.74, 6) is 0.556. The number of fused-ring (bicyclic) bond motifs is 1. The monoisotopic (exact) mass is 456 g/mol. The lowest BCUT2D eigenvalue weighted by molar-refractivity contribution is -0.116. The molecule has 0 atom stereocenters. The van der Waals surface area contributed by atoms with Crippen molar-refractivity contribution in [1.82, 2.24) is 0 Å². The van der Waals surface area contributed by atoms with E-state index in [1.807, 2.05) is 47.4 Å². The number of aryl methyl sites for hydroxylation is 1. The Morgan fingerprint density at radius 2 is 1.82 bits per heavy atom. The van der Waals surface area contributed by atoms with Gasteiger partial charge in [0.25, 0.3) is 0 Å². The molecule has 174 valence electrons. The molecule has 0 radical (unpaired) electrons. The highest BCUT2D eigenvalue weighted by Gasteiger charge is 2.20. The number of carbonyl (C=O) groups is 2. The minimum Gasteiger partial charge on any atom is -0.495 e. The summed E-state index contributed by atoms with van der Waals surface area (Å²) < 4.78 is 4.91. The second-order valence-corrected chi connectivity index (χ2v) is 7.95. The smallest absolute Gasteiger partial charge is 0.223 e. The predicted molar refractivity (Wildman–Crippen MR) is 135 cm³/mol. The van der Waals surface area contributed by atoms with Crippen molar-refractivity contribution in [1.29, 1.82) is 5.26 Å². The lowest BCUT2D eigenvalue weighted by Gasteiger charge is -2.29. The first kappa shape index (κ1) is 24.3. The number of nitrogens with two attached hydrogens (primary N) is 1. The Kier molecular flexibility index (Phi) is 7.88. The van der Waals surface area contributed by atoms with Gasteiger partial charge < -0.3 is 20.7 Å². The van der Waals surface area contributed by atoms with Crippen molar-refractivity contribution < 1.29 is 14.3 Å². The van der Waals surface area contributed by atoms with Crippen molar-refractivity contribution in [2.24, 2.45) is 0 Å². The average molecular weight is 457 g/mol. The number of methoxy groups -OCH3 is 1. The zero-order valence-electron chi connectivity index (χ0n) is 19.6. The Bertz CT molecular complexity index is 1250. The number of rotatable bonds is 3. The van der Waals surface area contributed by atoms with Crippen molar-refractivity contribution in [3.63, 3.8) is 0 Å². The number of nitrogens with zero attached hydrogens (tertiary/aromatic N) is 2. The normalized spacial score (nSPS) is 11.9. The summed E-state index contributed by atoms with van der Waals surface area (Å²) in [6.45, 7) is 3.90. The molecule has 0 saturated carbocycles. The van der Waals surface area contributed by atoms with E-state index in [1.54, 1.807) is 25.1 Å². The molecule has 1 aliphatic rings. The van der Waals surface area contributed by atoms with Crippen LogP contribution in [0.4, 0.5) is 17.1 Å². The summed E-state index contributed by atoms with van der Waals surface area (Å²) in [7, 11) is 1.52. The summed E-state index contributed by atoms with van der Waals surface area (Å²) in [6, 6.07) is 20.9. The maximum Gasteiger partial charge on any atom is 0.223 e. The molecule has 3 N–H and O–H groups in total. The number of nitriles is 1. The molecular weight excluding hydrogens is 428 g/mol. The Hall–Kier alpha value is -4.31. The fraction of sp³-hybridized carbons (Fsp3) is 0.222. The van der Waals surface area contributed by atoms with Crippen LogP contribution in [0.2, 0.25) is 0 Å². The second-order valence-electron chi connectivity index (χ2n) is 7.95. The number of benzene rings is 3. The van der Waals surface area contributed by atoms with Crippen molar-refractivity contribution in [3.8, 4) is 22.9 Å². The standard InChI is InChI=1S/C19H20N2O2.C8H8N2O/c1-13(22)20-18-7-3-5-15(12-18)16-8-9-19-17(11-16)6-4-10-21(19)14(2)23;1-11-8-4-6(5-9)2-3-7(8)10/h3,5,7-9,11-12H,4,6,10H2,1-2H3,(H,20,22);2-4H,10H2,1H3. The Morgan fingerprint density at radius 3 is 2.50 bits per heavy atom. The minimum atomic E-state index is -0.0790. The van der Waals surface area contributed by atoms with Crippen LogP contribution in [0.1, 0.15) is 31.4 Å². The first-order valence-electron chi connectivity index (χ1n) is 10.9. The first-order chi connectivity index (χ1) is 16.3. The molecule has 0 saturated heterocycles. The van der Waals surface area contributed by atoms with Crippen LogP contribution in [0.15, 0.2) is 60.7 Å². The van der Waals surface area contributed by atoms with E-state index < -0.39 is 0 Å². The molecule has 7 nitrogen and oxygen atoms in total. The average Bonchev–Trinajstić information content (AvgIpc) is 2.83. The van der Waals surface area contributed by atoms with Crippen LogP contribution in [0.3, 0.4) is 0 Å². The van der Waals surface area contributed by atoms with Crippen LogP contribution in [-0.2, 0) is 16.0 Å². The highest BCUT2D eigenvalue weighted by Crippen LogP contribution is 2.32. The van der Waals surface area contributed by atoms with Crippen molar-refractivity contribution in [2.45, 2.75) is 26.7 Å².